The monoisotopic (exact) mass is 258 g/mol. The molecule has 1 heterocycles. The average molecular weight is 258 g/mol. The molecular weight excluding hydrogens is 236 g/mol. The molecule has 102 valence electrons. The van der Waals surface area contributed by atoms with Crippen molar-refractivity contribution in [2.45, 2.75) is 39.3 Å². The van der Waals surface area contributed by atoms with Gasteiger partial charge in [0.05, 0.1) is 18.7 Å². The van der Waals surface area contributed by atoms with Crippen molar-refractivity contribution in [2.24, 2.45) is 5.92 Å². The average Bonchev–Trinajstić information content (AvgIpc) is 2.87. The van der Waals surface area contributed by atoms with Crippen LogP contribution in [0.4, 0.5) is 0 Å². The Hall–Kier alpha value is -1.53. The highest BCUT2D eigenvalue weighted by Crippen LogP contribution is 2.28. The molecule has 1 aliphatic heterocycles. The molecule has 1 fully saturated rings. The molecule has 0 radical (unpaired) electrons. The van der Waals surface area contributed by atoms with Crippen LogP contribution >= 0.6 is 0 Å². The van der Waals surface area contributed by atoms with Crippen molar-refractivity contribution in [3.8, 4) is 11.8 Å². The predicted octanol–water partition coefficient (Wildman–Crippen LogP) is 3.19. The van der Waals surface area contributed by atoms with Gasteiger partial charge in [-0.3, -0.25) is 4.90 Å². The fourth-order valence-corrected chi connectivity index (χ4v) is 2.99. The number of rotatable bonds is 4. The summed E-state index contributed by atoms with van der Waals surface area (Å²) in [5.74, 6) is 1.56. The summed E-state index contributed by atoms with van der Waals surface area (Å²) in [4.78, 5) is 2.52. The van der Waals surface area contributed by atoms with Gasteiger partial charge in [0.25, 0.3) is 0 Å². The Morgan fingerprint density at radius 1 is 1.47 bits per heavy atom. The molecule has 1 atom stereocenters. The fourth-order valence-electron chi connectivity index (χ4n) is 2.99. The summed E-state index contributed by atoms with van der Waals surface area (Å²) in [6, 6.07) is 8.51. The van der Waals surface area contributed by atoms with Crippen LogP contribution in [0.25, 0.3) is 0 Å². The van der Waals surface area contributed by atoms with Crippen LogP contribution in [0.5, 0.6) is 5.75 Å². The number of hydrogen-bond acceptors (Lipinski definition) is 3. The van der Waals surface area contributed by atoms with Crippen LogP contribution < -0.4 is 4.74 Å². The Bertz CT molecular complexity index is 476. The molecule has 1 aromatic rings. The number of likely N-dealkylation sites (tertiary alicyclic amines) is 1. The number of benzene rings is 1. The maximum atomic E-state index is 9.02. The van der Waals surface area contributed by atoms with Crippen LogP contribution in [0.1, 0.15) is 37.8 Å². The number of ether oxygens (including phenoxy) is 1. The van der Waals surface area contributed by atoms with E-state index in [1.54, 1.807) is 7.11 Å². The first kappa shape index (κ1) is 13.9. The third-order valence-corrected chi connectivity index (χ3v) is 3.97. The molecule has 19 heavy (non-hydrogen) atoms. The van der Waals surface area contributed by atoms with Gasteiger partial charge in [0.1, 0.15) is 5.75 Å². The summed E-state index contributed by atoms with van der Waals surface area (Å²) in [7, 11) is 1.69. The first-order valence-corrected chi connectivity index (χ1v) is 6.96. The van der Waals surface area contributed by atoms with Gasteiger partial charge >= 0.3 is 0 Å². The van der Waals surface area contributed by atoms with Gasteiger partial charge in [-0.1, -0.05) is 13.8 Å². The summed E-state index contributed by atoms with van der Waals surface area (Å²) in [5.41, 5.74) is 1.82. The lowest BCUT2D eigenvalue weighted by molar-refractivity contribution is 0.196. The Morgan fingerprint density at radius 3 is 2.89 bits per heavy atom. The van der Waals surface area contributed by atoms with E-state index in [2.05, 4.69) is 24.8 Å². The molecule has 0 spiro atoms. The van der Waals surface area contributed by atoms with Gasteiger partial charge in [-0.25, -0.2) is 0 Å². The maximum absolute atomic E-state index is 9.02. The molecule has 1 aliphatic rings. The van der Waals surface area contributed by atoms with Crippen LogP contribution in [0.3, 0.4) is 0 Å². The summed E-state index contributed by atoms with van der Waals surface area (Å²) < 4.78 is 5.41. The highest BCUT2D eigenvalue weighted by Gasteiger charge is 2.27. The first-order valence-electron chi connectivity index (χ1n) is 6.96. The van der Waals surface area contributed by atoms with Crippen molar-refractivity contribution in [3.63, 3.8) is 0 Å². The molecule has 0 saturated carbocycles. The van der Waals surface area contributed by atoms with E-state index < -0.39 is 0 Å². The van der Waals surface area contributed by atoms with E-state index in [0.717, 1.165) is 24.4 Å². The fraction of sp³-hybridized carbons (Fsp3) is 0.562. The second-order valence-corrected chi connectivity index (χ2v) is 5.56. The third kappa shape index (κ3) is 3.08. The zero-order chi connectivity index (χ0) is 13.8. The molecule has 0 N–H and O–H groups in total. The summed E-state index contributed by atoms with van der Waals surface area (Å²) in [5, 5.41) is 9.02. The van der Waals surface area contributed by atoms with E-state index in [9.17, 15) is 0 Å². The lowest BCUT2D eigenvalue weighted by Crippen LogP contribution is -2.33. The highest BCUT2D eigenvalue weighted by atomic mass is 16.5. The van der Waals surface area contributed by atoms with E-state index in [4.69, 9.17) is 10.00 Å². The summed E-state index contributed by atoms with van der Waals surface area (Å²) >= 11 is 0. The van der Waals surface area contributed by atoms with Gasteiger partial charge < -0.3 is 4.74 Å². The van der Waals surface area contributed by atoms with Crippen molar-refractivity contribution in [2.75, 3.05) is 13.7 Å². The molecule has 1 aromatic carbocycles. The van der Waals surface area contributed by atoms with Gasteiger partial charge in [-0.2, -0.15) is 5.26 Å². The van der Waals surface area contributed by atoms with Crippen molar-refractivity contribution in [1.29, 1.82) is 5.26 Å². The summed E-state index contributed by atoms with van der Waals surface area (Å²) in [6.07, 6.45) is 2.54. The van der Waals surface area contributed by atoms with Gasteiger partial charge in [0.2, 0.25) is 0 Å². The molecule has 1 saturated heterocycles. The molecule has 0 bridgehead atoms. The summed E-state index contributed by atoms with van der Waals surface area (Å²) in [6.45, 7) is 6.59. The lowest BCUT2D eigenvalue weighted by atomic mass is 10.0. The van der Waals surface area contributed by atoms with Crippen molar-refractivity contribution >= 4 is 0 Å². The van der Waals surface area contributed by atoms with Crippen molar-refractivity contribution in [3.05, 3.63) is 29.3 Å². The molecule has 0 aliphatic carbocycles. The molecular formula is C16H22N2O. The number of hydrogen-bond donors (Lipinski definition) is 0. The second kappa shape index (κ2) is 6.08. The Morgan fingerprint density at radius 2 is 2.26 bits per heavy atom. The van der Waals surface area contributed by atoms with E-state index in [1.807, 2.05) is 18.2 Å². The van der Waals surface area contributed by atoms with Crippen molar-refractivity contribution in [1.82, 2.24) is 4.90 Å². The number of methoxy groups -OCH3 is 1. The predicted molar refractivity (Wildman–Crippen MR) is 76.0 cm³/mol. The van der Waals surface area contributed by atoms with E-state index >= 15 is 0 Å². The van der Waals surface area contributed by atoms with E-state index in [1.165, 1.54) is 12.8 Å². The molecule has 3 nitrogen and oxygen atoms in total. The van der Waals surface area contributed by atoms with E-state index in [0.29, 0.717) is 17.5 Å². The zero-order valence-corrected chi connectivity index (χ0v) is 12.0. The zero-order valence-electron chi connectivity index (χ0n) is 12.0. The Balaban J connectivity index is 2.20. The standard InChI is InChI=1S/C16H22N2O/c1-12(2)15-5-4-8-18(15)11-14-9-13(10-17)6-7-16(14)19-3/h6-7,9,12,15H,4-5,8,11H2,1-3H3. The van der Waals surface area contributed by atoms with Crippen LogP contribution in [-0.4, -0.2) is 24.6 Å². The molecule has 1 unspecified atom stereocenters. The maximum Gasteiger partial charge on any atom is 0.123 e. The Kier molecular flexibility index (Phi) is 4.44. The number of nitrogens with zero attached hydrogens (tertiary/aromatic N) is 2. The van der Waals surface area contributed by atoms with Gasteiger partial charge in [0.15, 0.2) is 0 Å². The minimum absolute atomic E-state index is 0.649. The smallest absolute Gasteiger partial charge is 0.123 e. The topological polar surface area (TPSA) is 36.3 Å². The lowest BCUT2D eigenvalue weighted by Gasteiger charge is -2.28. The quantitative estimate of drug-likeness (QED) is 0.832. The normalized spacial score (nSPS) is 19.6. The largest absolute Gasteiger partial charge is 0.496 e. The van der Waals surface area contributed by atoms with E-state index in [-0.39, 0.29) is 0 Å². The van der Waals surface area contributed by atoms with Crippen LogP contribution in [-0.2, 0) is 6.54 Å². The SMILES string of the molecule is COc1ccc(C#N)cc1CN1CCCC1C(C)C. The van der Waals surface area contributed by atoms with Gasteiger partial charge in [0, 0.05) is 18.2 Å². The number of nitriles is 1. The van der Waals surface area contributed by atoms with Gasteiger partial charge in [-0.05, 0) is 43.5 Å². The molecule has 0 amide bonds. The minimum atomic E-state index is 0.649. The van der Waals surface area contributed by atoms with Crippen molar-refractivity contribution < 1.29 is 4.74 Å². The van der Waals surface area contributed by atoms with Crippen LogP contribution in [0.2, 0.25) is 0 Å². The second-order valence-electron chi connectivity index (χ2n) is 5.56. The Labute approximate surface area is 115 Å². The van der Waals surface area contributed by atoms with Crippen LogP contribution in [0, 0.1) is 17.2 Å². The third-order valence-electron chi connectivity index (χ3n) is 3.97. The minimum Gasteiger partial charge on any atom is -0.496 e. The first-order chi connectivity index (χ1) is 9.15. The molecule has 3 heteroatoms. The van der Waals surface area contributed by atoms with Gasteiger partial charge in [-0.15, -0.1) is 0 Å². The molecule has 2 rings (SSSR count). The molecule has 0 aromatic heterocycles. The highest BCUT2D eigenvalue weighted by molar-refractivity contribution is 5.42. The van der Waals surface area contributed by atoms with Crippen LogP contribution in [0.15, 0.2) is 18.2 Å².